The summed E-state index contributed by atoms with van der Waals surface area (Å²) in [7, 11) is 1.68. The second kappa shape index (κ2) is 6.38. The van der Waals surface area contributed by atoms with E-state index in [2.05, 4.69) is 18.3 Å². The lowest BCUT2D eigenvalue weighted by Crippen LogP contribution is -2.16. The van der Waals surface area contributed by atoms with Crippen molar-refractivity contribution < 1.29 is 9.84 Å². The van der Waals surface area contributed by atoms with Gasteiger partial charge in [0.15, 0.2) is 0 Å². The highest BCUT2D eigenvalue weighted by Gasteiger charge is 2.06. The van der Waals surface area contributed by atoms with Crippen LogP contribution in [0.3, 0.4) is 0 Å². The molecule has 0 bridgehead atoms. The molecule has 2 N–H and O–H groups in total. The molecule has 1 atom stereocenters. The molecule has 1 aromatic rings. The van der Waals surface area contributed by atoms with E-state index in [0.717, 1.165) is 24.3 Å². The normalized spacial score (nSPS) is 12.2. The van der Waals surface area contributed by atoms with Crippen molar-refractivity contribution in [1.82, 2.24) is 0 Å². The number of hydrogen-bond donors (Lipinski definition) is 2. The van der Waals surface area contributed by atoms with Crippen LogP contribution in [-0.2, 0) is 0 Å². The number of hydrogen-bond acceptors (Lipinski definition) is 3. The summed E-state index contributed by atoms with van der Waals surface area (Å²) in [5.41, 5.74) is 2.20. The summed E-state index contributed by atoms with van der Waals surface area (Å²) in [6.07, 6.45) is 1.77. The second-order valence-electron chi connectivity index (χ2n) is 4.11. The molecule has 0 radical (unpaired) electrons. The monoisotopic (exact) mass is 223 g/mol. The van der Waals surface area contributed by atoms with Crippen LogP contribution in [0.2, 0.25) is 0 Å². The topological polar surface area (TPSA) is 41.5 Å². The summed E-state index contributed by atoms with van der Waals surface area (Å²) < 4.78 is 5.32. The van der Waals surface area contributed by atoms with E-state index in [9.17, 15) is 0 Å². The van der Waals surface area contributed by atoms with Gasteiger partial charge < -0.3 is 15.2 Å². The third-order valence-corrected chi connectivity index (χ3v) is 2.55. The van der Waals surface area contributed by atoms with E-state index in [1.54, 1.807) is 7.11 Å². The molecule has 0 saturated carbocycles. The summed E-state index contributed by atoms with van der Waals surface area (Å²) in [4.78, 5) is 0. The van der Waals surface area contributed by atoms with Gasteiger partial charge in [0.1, 0.15) is 5.75 Å². The van der Waals surface area contributed by atoms with Gasteiger partial charge in [-0.2, -0.15) is 0 Å². The van der Waals surface area contributed by atoms with E-state index in [0.29, 0.717) is 6.04 Å². The molecule has 1 aromatic carbocycles. The maximum Gasteiger partial charge on any atom is 0.142 e. The highest BCUT2D eigenvalue weighted by molar-refractivity contribution is 5.58. The predicted molar refractivity (Wildman–Crippen MR) is 67.1 cm³/mol. The van der Waals surface area contributed by atoms with E-state index in [4.69, 9.17) is 9.84 Å². The number of anilines is 1. The van der Waals surface area contributed by atoms with E-state index in [1.165, 1.54) is 5.56 Å². The maximum absolute atomic E-state index is 8.77. The highest BCUT2D eigenvalue weighted by Crippen LogP contribution is 2.26. The van der Waals surface area contributed by atoms with Crippen LogP contribution in [0.15, 0.2) is 18.2 Å². The van der Waals surface area contributed by atoms with Crippen LogP contribution in [0, 0.1) is 6.92 Å². The lowest BCUT2D eigenvalue weighted by molar-refractivity contribution is 0.282. The Morgan fingerprint density at radius 2 is 2.19 bits per heavy atom. The van der Waals surface area contributed by atoms with E-state index >= 15 is 0 Å². The molecule has 0 amide bonds. The molecular formula is C13H21NO2. The van der Waals surface area contributed by atoms with Gasteiger partial charge in [-0.15, -0.1) is 0 Å². The van der Waals surface area contributed by atoms with Gasteiger partial charge >= 0.3 is 0 Å². The number of rotatable bonds is 6. The molecule has 0 heterocycles. The van der Waals surface area contributed by atoms with Crippen LogP contribution in [-0.4, -0.2) is 24.9 Å². The van der Waals surface area contributed by atoms with Gasteiger partial charge in [-0.3, -0.25) is 0 Å². The van der Waals surface area contributed by atoms with Gasteiger partial charge in [-0.1, -0.05) is 6.07 Å². The van der Waals surface area contributed by atoms with Crippen molar-refractivity contribution in [3.63, 3.8) is 0 Å². The van der Waals surface area contributed by atoms with Gasteiger partial charge in [0, 0.05) is 12.6 Å². The molecule has 1 rings (SSSR count). The third kappa shape index (κ3) is 3.74. The summed E-state index contributed by atoms with van der Waals surface area (Å²) >= 11 is 0. The number of nitrogens with one attached hydrogen (secondary N) is 1. The van der Waals surface area contributed by atoms with E-state index in [-0.39, 0.29) is 6.61 Å². The lowest BCUT2D eigenvalue weighted by atomic mass is 10.1. The van der Waals surface area contributed by atoms with Crippen LogP contribution in [0.4, 0.5) is 5.69 Å². The van der Waals surface area contributed by atoms with Crippen molar-refractivity contribution in [2.75, 3.05) is 19.0 Å². The first kappa shape index (κ1) is 12.8. The van der Waals surface area contributed by atoms with Gasteiger partial charge in [0.05, 0.1) is 12.8 Å². The molecule has 0 aliphatic heterocycles. The van der Waals surface area contributed by atoms with Crippen LogP contribution in [0.5, 0.6) is 5.75 Å². The highest BCUT2D eigenvalue weighted by atomic mass is 16.5. The summed E-state index contributed by atoms with van der Waals surface area (Å²) in [6.45, 7) is 4.40. The Balaban J connectivity index is 2.65. The Morgan fingerprint density at radius 1 is 1.44 bits per heavy atom. The van der Waals surface area contributed by atoms with Gasteiger partial charge in [0.25, 0.3) is 0 Å². The zero-order valence-electron chi connectivity index (χ0n) is 10.3. The van der Waals surface area contributed by atoms with Crippen molar-refractivity contribution in [1.29, 1.82) is 0 Å². The SMILES string of the molecule is COc1cc(C)ccc1NC(C)CCCO. The van der Waals surface area contributed by atoms with Crippen molar-refractivity contribution >= 4 is 5.69 Å². The molecule has 0 aromatic heterocycles. The fourth-order valence-corrected chi connectivity index (χ4v) is 1.65. The Bertz CT molecular complexity index is 326. The second-order valence-corrected chi connectivity index (χ2v) is 4.11. The minimum atomic E-state index is 0.247. The van der Waals surface area contributed by atoms with Gasteiger partial charge in [-0.25, -0.2) is 0 Å². The van der Waals surface area contributed by atoms with Gasteiger partial charge in [-0.05, 0) is 44.4 Å². The Kier molecular flexibility index (Phi) is 5.12. The molecule has 0 aliphatic rings. The molecule has 16 heavy (non-hydrogen) atoms. The average molecular weight is 223 g/mol. The largest absolute Gasteiger partial charge is 0.495 e. The molecule has 0 spiro atoms. The first-order valence-electron chi connectivity index (χ1n) is 5.69. The summed E-state index contributed by atoms with van der Waals surface area (Å²) in [6, 6.07) is 6.44. The average Bonchev–Trinajstić information content (AvgIpc) is 2.28. The minimum Gasteiger partial charge on any atom is -0.495 e. The van der Waals surface area contributed by atoms with Crippen LogP contribution >= 0.6 is 0 Å². The fraction of sp³-hybridized carbons (Fsp3) is 0.538. The molecule has 3 heteroatoms. The van der Waals surface area contributed by atoms with Gasteiger partial charge in [0.2, 0.25) is 0 Å². The Morgan fingerprint density at radius 3 is 2.81 bits per heavy atom. The number of ether oxygens (including phenoxy) is 1. The number of benzene rings is 1. The number of methoxy groups -OCH3 is 1. The van der Waals surface area contributed by atoms with E-state index < -0.39 is 0 Å². The van der Waals surface area contributed by atoms with E-state index in [1.807, 2.05) is 19.1 Å². The smallest absolute Gasteiger partial charge is 0.142 e. The minimum absolute atomic E-state index is 0.247. The standard InChI is InChI=1S/C13H21NO2/c1-10-6-7-12(13(9-10)16-3)14-11(2)5-4-8-15/h6-7,9,11,14-15H,4-5,8H2,1-3H3. The molecule has 0 aliphatic carbocycles. The zero-order valence-corrected chi connectivity index (χ0v) is 10.3. The van der Waals surface area contributed by atoms with Crippen LogP contribution in [0.25, 0.3) is 0 Å². The fourth-order valence-electron chi connectivity index (χ4n) is 1.65. The number of aryl methyl sites for hydroxylation is 1. The molecule has 90 valence electrons. The van der Waals surface area contributed by atoms with Crippen molar-refractivity contribution in [3.8, 4) is 5.75 Å². The maximum atomic E-state index is 8.77. The lowest BCUT2D eigenvalue weighted by Gasteiger charge is -2.17. The summed E-state index contributed by atoms with van der Waals surface area (Å²) in [5.74, 6) is 0.871. The molecule has 0 saturated heterocycles. The molecule has 3 nitrogen and oxygen atoms in total. The van der Waals surface area contributed by atoms with Crippen LogP contribution in [0.1, 0.15) is 25.3 Å². The molecule has 0 fully saturated rings. The zero-order chi connectivity index (χ0) is 12.0. The Hall–Kier alpha value is -1.22. The quantitative estimate of drug-likeness (QED) is 0.779. The third-order valence-electron chi connectivity index (χ3n) is 2.55. The molecular weight excluding hydrogens is 202 g/mol. The summed E-state index contributed by atoms with van der Waals surface area (Å²) in [5, 5.41) is 12.2. The Labute approximate surface area is 97.4 Å². The molecule has 1 unspecified atom stereocenters. The van der Waals surface area contributed by atoms with Crippen molar-refractivity contribution in [2.24, 2.45) is 0 Å². The first-order chi connectivity index (χ1) is 7.67. The van der Waals surface area contributed by atoms with Crippen molar-refractivity contribution in [2.45, 2.75) is 32.7 Å². The number of aliphatic hydroxyl groups is 1. The first-order valence-corrected chi connectivity index (χ1v) is 5.69. The predicted octanol–water partition coefficient (Wildman–Crippen LogP) is 2.58. The van der Waals surface area contributed by atoms with Crippen molar-refractivity contribution in [3.05, 3.63) is 23.8 Å². The number of aliphatic hydroxyl groups excluding tert-OH is 1. The van der Waals surface area contributed by atoms with Crippen LogP contribution < -0.4 is 10.1 Å².